The summed E-state index contributed by atoms with van der Waals surface area (Å²) in [5.74, 6) is 0.145. The van der Waals surface area contributed by atoms with E-state index in [1.54, 1.807) is 24.1 Å². The molecule has 0 aliphatic carbocycles. The number of amides is 1. The van der Waals surface area contributed by atoms with E-state index in [9.17, 15) is 9.18 Å². The molecule has 0 aromatic heterocycles. The normalized spacial score (nSPS) is 11.7. The summed E-state index contributed by atoms with van der Waals surface area (Å²) in [6.45, 7) is 4.16. The number of carbonyl (C=O) groups is 1. The fourth-order valence-corrected chi connectivity index (χ4v) is 2.53. The number of likely N-dealkylation sites (N-methyl/N-ethyl adjacent to an activating group) is 1. The molecule has 2 aromatic carbocycles. The molecule has 0 radical (unpaired) electrons. The molecule has 1 amide bonds. The third-order valence-corrected chi connectivity index (χ3v) is 3.89. The SMILES string of the molecule is CCN(C(=O)COc1ccccc1F)C(C)c1cccc(OC)c1. The molecule has 2 rings (SSSR count). The van der Waals surface area contributed by atoms with Crippen LogP contribution in [0.25, 0.3) is 0 Å². The van der Waals surface area contributed by atoms with Gasteiger partial charge in [-0.15, -0.1) is 0 Å². The van der Waals surface area contributed by atoms with Gasteiger partial charge < -0.3 is 14.4 Å². The van der Waals surface area contributed by atoms with Crippen LogP contribution in [0.2, 0.25) is 0 Å². The summed E-state index contributed by atoms with van der Waals surface area (Å²) in [5, 5.41) is 0. The quantitative estimate of drug-likeness (QED) is 0.774. The Balaban J connectivity index is 2.06. The number of carbonyl (C=O) groups excluding carboxylic acids is 1. The van der Waals surface area contributed by atoms with E-state index in [0.29, 0.717) is 6.54 Å². The average molecular weight is 331 g/mol. The van der Waals surface area contributed by atoms with Crippen molar-refractivity contribution in [1.82, 2.24) is 4.90 Å². The number of benzene rings is 2. The van der Waals surface area contributed by atoms with Crippen molar-refractivity contribution in [1.29, 1.82) is 0 Å². The molecule has 0 bridgehead atoms. The Morgan fingerprint density at radius 3 is 2.62 bits per heavy atom. The van der Waals surface area contributed by atoms with E-state index in [2.05, 4.69) is 0 Å². The highest BCUT2D eigenvalue weighted by Crippen LogP contribution is 2.24. The summed E-state index contributed by atoms with van der Waals surface area (Å²) in [6.07, 6.45) is 0. The lowest BCUT2D eigenvalue weighted by Gasteiger charge is -2.28. The summed E-state index contributed by atoms with van der Waals surface area (Å²) in [4.78, 5) is 14.2. The standard InChI is InChI=1S/C19H22FNO3/c1-4-21(14(2)15-8-7-9-16(12-15)23-3)19(22)13-24-18-11-6-5-10-17(18)20/h5-12,14H,4,13H2,1-3H3. The number of hydrogen-bond donors (Lipinski definition) is 0. The molecule has 0 spiro atoms. The summed E-state index contributed by atoms with van der Waals surface area (Å²) < 4.78 is 24.1. The van der Waals surface area contributed by atoms with Crippen molar-refractivity contribution in [3.63, 3.8) is 0 Å². The average Bonchev–Trinajstić information content (AvgIpc) is 2.61. The Bertz CT molecular complexity index is 690. The van der Waals surface area contributed by atoms with Gasteiger partial charge in [0.2, 0.25) is 0 Å². The fraction of sp³-hybridized carbons (Fsp3) is 0.316. The topological polar surface area (TPSA) is 38.8 Å². The van der Waals surface area contributed by atoms with Crippen LogP contribution in [0.3, 0.4) is 0 Å². The van der Waals surface area contributed by atoms with E-state index in [1.807, 2.05) is 38.1 Å². The van der Waals surface area contributed by atoms with Crippen LogP contribution in [-0.2, 0) is 4.79 Å². The maximum Gasteiger partial charge on any atom is 0.261 e. The molecular weight excluding hydrogens is 309 g/mol. The highest BCUT2D eigenvalue weighted by atomic mass is 19.1. The van der Waals surface area contributed by atoms with Crippen LogP contribution in [0, 0.1) is 5.82 Å². The predicted molar refractivity (Wildman–Crippen MR) is 90.7 cm³/mol. The minimum atomic E-state index is -0.478. The number of para-hydroxylation sites is 1. The Morgan fingerprint density at radius 1 is 1.21 bits per heavy atom. The Morgan fingerprint density at radius 2 is 1.96 bits per heavy atom. The van der Waals surface area contributed by atoms with E-state index in [-0.39, 0.29) is 24.3 Å². The summed E-state index contributed by atoms with van der Waals surface area (Å²) in [6, 6.07) is 13.5. The van der Waals surface area contributed by atoms with Crippen molar-refractivity contribution in [2.45, 2.75) is 19.9 Å². The van der Waals surface area contributed by atoms with Crippen LogP contribution < -0.4 is 9.47 Å². The third kappa shape index (κ3) is 4.25. The van der Waals surface area contributed by atoms with Gasteiger partial charge in [0.05, 0.1) is 13.2 Å². The lowest BCUT2D eigenvalue weighted by molar-refractivity contribution is -0.135. The number of halogens is 1. The zero-order valence-corrected chi connectivity index (χ0v) is 14.2. The van der Waals surface area contributed by atoms with Gasteiger partial charge in [-0.2, -0.15) is 0 Å². The Hall–Kier alpha value is -2.56. The highest BCUT2D eigenvalue weighted by molar-refractivity contribution is 5.78. The van der Waals surface area contributed by atoms with Crippen molar-refractivity contribution in [3.05, 3.63) is 59.9 Å². The Kier molecular flexibility index (Phi) is 6.18. The van der Waals surface area contributed by atoms with E-state index >= 15 is 0 Å². The van der Waals surface area contributed by atoms with Gasteiger partial charge in [0.1, 0.15) is 5.75 Å². The molecule has 128 valence electrons. The number of ether oxygens (including phenoxy) is 2. The molecule has 0 heterocycles. The van der Waals surface area contributed by atoms with Crippen LogP contribution in [0.1, 0.15) is 25.5 Å². The first-order valence-electron chi connectivity index (χ1n) is 7.87. The number of methoxy groups -OCH3 is 1. The molecule has 5 heteroatoms. The predicted octanol–water partition coefficient (Wildman–Crippen LogP) is 3.82. The second kappa shape index (κ2) is 8.34. The molecule has 0 aliphatic heterocycles. The van der Waals surface area contributed by atoms with Gasteiger partial charge in [0.15, 0.2) is 18.2 Å². The molecule has 0 fully saturated rings. The summed E-state index contributed by atoms with van der Waals surface area (Å²) in [7, 11) is 1.61. The van der Waals surface area contributed by atoms with Gasteiger partial charge in [0.25, 0.3) is 5.91 Å². The lowest BCUT2D eigenvalue weighted by Crippen LogP contribution is -2.37. The second-order valence-electron chi connectivity index (χ2n) is 5.35. The van der Waals surface area contributed by atoms with E-state index in [4.69, 9.17) is 9.47 Å². The Labute approximate surface area is 141 Å². The fourth-order valence-electron chi connectivity index (χ4n) is 2.53. The van der Waals surface area contributed by atoms with Crippen LogP contribution >= 0.6 is 0 Å². The maximum atomic E-state index is 13.6. The molecule has 0 saturated carbocycles. The van der Waals surface area contributed by atoms with Crippen LogP contribution in [-0.4, -0.2) is 31.1 Å². The molecular formula is C19H22FNO3. The second-order valence-corrected chi connectivity index (χ2v) is 5.35. The van der Waals surface area contributed by atoms with Crippen molar-refractivity contribution in [2.75, 3.05) is 20.3 Å². The first-order chi connectivity index (χ1) is 11.6. The molecule has 0 saturated heterocycles. The number of hydrogen-bond acceptors (Lipinski definition) is 3. The molecule has 1 unspecified atom stereocenters. The summed E-state index contributed by atoms with van der Waals surface area (Å²) >= 11 is 0. The zero-order chi connectivity index (χ0) is 17.5. The third-order valence-electron chi connectivity index (χ3n) is 3.89. The maximum absolute atomic E-state index is 13.6. The van der Waals surface area contributed by atoms with E-state index in [1.165, 1.54) is 12.1 Å². The van der Waals surface area contributed by atoms with E-state index in [0.717, 1.165) is 11.3 Å². The number of rotatable bonds is 7. The summed E-state index contributed by atoms with van der Waals surface area (Å²) in [5.41, 5.74) is 0.968. The van der Waals surface area contributed by atoms with Crippen molar-refractivity contribution in [3.8, 4) is 11.5 Å². The van der Waals surface area contributed by atoms with Crippen molar-refractivity contribution in [2.24, 2.45) is 0 Å². The highest BCUT2D eigenvalue weighted by Gasteiger charge is 2.21. The largest absolute Gasteiger partial charge is 0.497 e. The van der Waals surface area contributed by atoms with Gasteiger partial charge in [-0.1, -0.05) is 24.3 Å². The van der Waals surface area contributed by atoms with Crippen LogP contribution in [0.15, 0.2) is 48.5 Å². The van der Waals surface area contributed by atoms with Crippen molar-refractivity contribution < 1.29 is 18.7 Å². The van der Waals surface area contributed by atoms with Gasteiger partial charge in [-0.25, -0.2) is 4.39 Å². The molecule has 24 heavy (non-hydrogen) atoms. The van der Waals surface area contributed by atoms with Gasteiger partial charge in [-0.3, -0.25) is 4.79 Å². The van der Waals surface area contributed by atoms with Crippen molar-refractivity contribution >= 4 is 5.91 Å². The number of nitrogens with zero attached hydrogens (tertiary/aromatic N) is 1. The molecule has 0 N–H and O–H groups in total. The minimum Gasteiger partial charge on any atom is -0.497 e. The first kappa shape index (κ1) is 17.8. The molecule has 1 atom stereocenters. The smallest absolute Gasteiger partial charge is 0.261 e. The van der Waals surface area contributed by atoms with E-state index < -0.39 is 5.82 Å². The minimum absolute atomic E-state index is 0.0796. The first-order valence-corrected chi connectivity index (χ1v) is 7.87. The molecule has 0 aliphatic rings. The van der Waals surface area contributed by atoms with Crippen LogP contribution in [0.5, 0.6) is 11.5 Å². The van der Waals surface area contributed by atoms with Crippen LogP contribution in [0.4, 0.5) is 4.39 Å². The lowest BCUT2D eigenvalue weighted by atomic mass is 10.1. The molecule has 4 nitrogen and oxygen atoms in total. The van der Waals surface area contributed by atoms with Gasteiger partial charge in [0, 0.05) is 6.54 Å². The monoisotopic (exact) mass is 331 g/mol. The zero-order valence-electron chi connectivity index (χ0n) is 14.2. The van der Waals surface area contributed by atoms with Gasteiger partial charge in [-0.05, 0) is 43.7 Å². The molecule has 2 aromatic rings. The van der Waals surface area contributed by atoms with Gasteiger partial charge >= 0.3 is 0 Å².